The van der Waals surface area contributed by atoms with Gasteiger partial charge in [0.05, 0.1) is 10.5 Å². The van der Waals surface area contributed by atoms with E-state index >= 15 is 0 Å². The fraction of sp³-hybridized carbons (Fsp3) is 0.143. The summed E-state index contributed by atoms with van der Waals surface area (Å²) in [7, 11) is 0. The zero-order valence-electron chi connectivity index (χ0n) is 10.3. The Hall–Kier alpha value is -1.01. The van der Waals surface area contributed by atoms with Gasteiger partial charge in [-0.2, -0.15) is 0 Å². The van der Waals surface area contributed by atoms with Crippen LogP contribution in [0.25, 0.3) is 0 Å². The Morgan fingerprint density at radius 3 is 2.50 bits per heavy atom. The molecule has 0 fully saturated rings. The molecule has 2 rings (SSSR count). The molecule has 0 aromatic heterocycles. The summed E-state index contributed by atoms with van der Waals surface area (Å²) in [6.07, 6.45) is 0.292. The normalized spacial score (nSPS) is 12.4. The Morgan fingerprint density at radius 1 is 1.15 bits per heavy atom. The van der Waals surface area contributed by atoms with Crippen molar-refractivity contribution in [2.45, 2.75) is 12.5 Å². The highest BCUT2D eigenvalue weighted by Crippen LogP contribution is 2.24. The Morgan fingerprint density at radius 2 is 1.90 bits per heavy atom. The van der Waals surface area contributed by atoms with Gasteiger partial charge in [-0.15, -0.1) is 0 Å². The molecule has 1 atom stereocenters. The van der Waals surface area contributed by atoms with Crippen LogP contribution in [0.2, 0.25) is 5.02 Å². The Labute approximate surface area is 129 Å². The molecule has 0 saturated carbocycles. The van der Waals surface area contributed by atoms with Gasteiger partial charge >= 0.3 is 0 Å². The van der Waals surface area contributed by atoms with Gasteiger partial charge in [0, 0.05) is 5.02 Å². The van der Waals surface area contributed by atoms with Crippen molar-refractivity contribution in [1.29, 1.82) is 0 Å². The molecule has 2 aromatic rings. The van der Waals surface area contributed by atoms with Gasteiger partial charge in [-0.05, 0) is 57.7 Å². The van der Waals surface area contributed by atoms with E-state index in [1.807, 2.05) is 0 Å². The molecule has 20 heavy (non-hydrogen) atoms. The van der Waals surface area contributed by atoms with E-state index in [-0.39, 0.29) is 5.82 Å². The van der Waals surface area contributed by atoms with E-state index in [9.17, 15) is 8.78 Å². The van der Waals surface area contributed by atoms with Crippen LogP contribution in [0.4, 0.5) is 8.78 Å². The zero-order valence-corrected chi connectivity index (χ0v) is 12.7. The Balaban J connectivity index is 2.26. The van der Waals surface area contributed by atoms with Crippen LogP contribution in [0.3, 0.4) is 0 Å². The average molecular weight is 362 g/mol. The molecule has 0 bridgehead atoms. The predicted octanol–water partition coefficient (Wildman–Crippen LogP) is 4.13. The van der Waals surface area contributed by atoms with Crippen molar-refractivity contribution >= 4 is 27.5 Å². The number of rotatable bonds is 4. The van der Waals surface area contributed by atoms with E-state index in [1.54, 1.807) is 24.3 Å². The van der Waals surface area contributed by atoms with Gasteiger partial charge in [-0.1, -0.05) is 23.7 Å². The monoisotopic (exact) mass is 360 g/mol. The first kappa shape index (κ1) is 15.4. The van der Waals surface area contributed by atoms with E-state index in [2.05, 4.69) is 21.4 Å². The number of halogens is 4. The second-order valence-electron chi connectivity index (χ2n) is 4.33. The molecule has 0 radical (unpaired) electrons. The van der Waals surface area contributed by atoms with E-state index in [0.717, 1.165) is 0 Å². The molecule has 2 nitrogen and oxygen atoms in total. The minimum absolute atomic E-state index is 0.292. The molecule has 0 amide bonds. The summed E-state index contributed by atoms with van der Waals surface area (Å²) in [5.74, 6) is 4.69. The van der Waals surface area contributed by atoms with Gasteiger partial charge in [0.15, 0.2) is 0 Å². The van der Waals surface area contributed by atoms with Crippen molar-refractivity contribution in [1.82, 2.24) is 5.43 Å². The summed E-state index contributed by atoms with van der Waals surface area (Å²) in [6, 6.07) is 8.73. The highest BCUT2D eigenvalue weighted by Gasteiger charge is 2.15. The summed E-state index contributed by atoms with van der Waals surface area (Å²) >= 11 is 8.79. The van der Waals surface area contributed by atoms with Crippen LogP contribution in [0.15, 0.2) is 40.9 Å². The van der Waals surface area contributed by atoms with Gasteiger partial charge in [0.2, 0.25) is 0 Å². The van der Waals surface area contributed by atoms with Crippen molar-refractivity contribution in [3.63, 3.8) is 0 Å². The molecule has 0 aliphatic rings. The third-order valence-electron chi connectivity index (χ3n) is 2.99. The smallest absolute Gasteiger partial charge is 0.137 e. The van der Waals surface area contributed by atoms with Gasteiger partial charge in [-0.25, -0.2) is 8.78 Å². The van der Waals surface area contributed by atoms with E-state index in [1.165, 1.54) is 12.1 Å². The predicted molar refractivity (Wildman–Crippen MR) is 79.3 cm³/mol. The minimum atomic E-state index is -0.407. The number of hydrazine groups is 1. The van der Waals surface area contributed by atoms with Crippen LogP contribution in [0.5, 0.6) is 0 Å². The molecular formula is C14H12BrClF2N2. The number of benzene rings is 2. The van der Waals surface area contributed by atoms with Crippen molar-refractivity contribution in [2.24, 2.45) is 5.84 Å². The SMILES string of the molecule is NNC(Cc1ccc(Cl)cc1F)c1ccc(Br)c(F)c1. The minimum Gasteiger partial charge on any atom is -0.271 e. The van der Waals surface area contributed by atoms with Crippen LogP contribution in [0, 0.1) is 11.6 Å². The quantitative estimate of drug-likeness (QED) is 0.635. The van der Waals surface area contributed by atoms with Crippen LogP contribution in [-0.4, -0.2) is 0 Å². The lowest BCUT2D eigenvalue weighted by Gasteiger charge is -2.17. The summed E-state index contributed by atoms with van der Waals surface area (Å²) in [6.45, 7) is 0. The zero-order chi connectivity index (χ0) is 14.7. The average Bonchev–Trinajstić information content (AvgIpc) is 2.41. The van der Waals surface area contributed by atoms with Crippen molar-refractivity contribution in [2.75, 3.05) is 0 Å². The van der Waals surface area contributed by atoms with Gasteiger partial charge in [0.1, 0.15) is 11.6 Å². The summed E-state index contributed by atoms with van der Waals surface area (Å²) < 4.78 is 27.7. The summed E-state index contributed by atoms with van der Waals surface area (Å²) in [5.41, 5.74) is 3.67. The maximum absolute atomic E-state index is 13.8. The molecule has 0 spiro atoms. The lowest BCUT2D eigenvalue weighted by molar-refractivity contribution is 0.524. The van der Waals surface area contributed by atoms with Gasteiger partial charge < -0.3 is 0 Å². The highest BCUT2D eigenvalue weighted by molar-refractivity contribution is 9.10. The van der Waals surface area contributed by atoms with Crippen LogP contribution < -0.4 is 11.3 Å². The fourth-order valence-electron chi connectivity index (χ4n) is 1.91. The Bertz CT molecular complexity index is 622. The molecular weight excluding hydrogens is 350 g/mol. The van der Waals surface area contributed by atoms with Crippen LogP contribution in [0.1, 0.15) is 17.2 Å². The molecule has 0 heterocycles. The van der Waals surface area contributed by atoms with Crippen molar-refractivity contribution in [3.05, 3.63) is 68.7 Å². The first-order chi connectivity index (χ1) is 9.51. The third-order valence-corrected chi connectivity index (χ3v) is 3.86. The molecule has 0 aliphatic heterocycles. The largest absolute Gasteiger partial charge is 0.271 e. The van der Waals surface area contributed by atoms with Crippen molar-refractivity contribution < 1.29 is 8.78 Å². The van der Waals surface area contributed by atoms with Crippen molar-refractivity contribution in [3.8, 4) is 0 Å². The van der Waals surface area contributed by atoms with Crippen LogP contribution in [-0.2, 0) is 6.42 Å². The topological polar surface area (TPSA) is 38.0 Å². The van der Waals surface area contributed by atoms with E-state index in [0.29, 0.717) is 27.0 Å². The number of nitrogens with two attached hydrogens (primary N) is 1. The lowest BCUT2D eigenvalue weighted by Crippen LogP contribution is -2.29. The summed E-state index contributed by atoms with van der Waals surface area (Å²) in [4.78, 5) is 0. The second-order valence-corrected chi connectivity index (χ2v) is 5.62. The van der Waals surface area contributed by atoms with Gasteiger partial charge in [0.25, 0.3) is 0 Å². The first-order valence-corrected chi connectivity index (χ1v) is 7.03. The fourth-order valence-corrected chi connectivity index (χ4v) is 2.31. The van der Waals surface area contributed by atoms with E-state index in [4.69, 9.17) is 17.4 Å². The maximum Gasteiger partial charge on any atom is 0.137 e. The molecule has 0 saturated heterocycles. The molecule has 2 aromatic carbocycles. The van der Waals surface area contributed by atoms with Crippen LogP contribution >= 0.6 is 27.5 Å². The third kappa shape index (κ3) is 3.55. The maximum atomic E-state index is 13.8. The molecule has 6 heteroatoms. The molecule has 0 aliphatic carbocycles. The second kappa shape index (κ2) is 6.63. The standard InChI is InChI=1S/C14H12BrClF2N2/c15-11-4-2-9(5-13(11)18)14(20-19)6-8-1-3-10(16)7-12(8)17/h1-5,7,14,20H,6,19H2. The molecule has 106 valence electrons. The number of nitrogens with one attached hydrogen (secondary N) is 1. The summed E-state index contributed by atoms with van der Waals surface area (Å²) in [5, 5.41) is 0.332. The van der Waals surface area contributed by atoms with Gasteiger partial charge in [-0.3, -0.25) is 11.3 Å². The number of hydrogen-bond donors (Lipinski definition) is 2. The first-order valence-electron chi connectivity index (χ1n) is 5.86. The lowest BCUT2D eigenvalue weighted by atomic mass is 9.99. The Kier molecular flexibility index (Phi) is 5.10. The molecule has 3 N–H and O–H groups in total. The van der Waals surface area contributed by atoms with E-state index < -0.39 is 11.9 Å². The number of hydrogen-bond acceptors (Lipinski definition) is 2. The molecule has 1 unspecified atom stereocenters. The highest BCUT2D eigenvalue weighted by atomic mass is 79.9.